The van der Waals surface area contributed by atoms with Gasteiger partial charge in [-0.2, -0.15) is 0 Å². The molecule has 1 rings (SSSR count). The van der Waals surface area contributed by atoms with Gasteiger partial charge in [-0.05, 0) is 19.4 Å². The van der Waals surface area contributed by atoms with Crippen LogP contribution in [0.4, 0.5) is 0 Å². The summed E-state index contributed by atoms with van der Waals surface area (Å²) in [6.07, 6.45) is 38.6. The lowest BCUT2D eigenvalue weighted by molar-refractivity contribution is -0.130. The Hall–Kier alpha value is -1.10. The van der Waals surface area contributed by atoms with Gasteiger partial charge in [0.1, 0.15) is 0 Å². The van der Waals surface area contributed by atoms with Gasteiger partial charge >= 0.3 is 0 Å². The van der Waals surface area contributed by atoms with E-state index in [-0.39, 0.29) is 17.9 Å². The normalized spacial score (nSPS) is 18.9. The number of likely N-dealkylation sites (tertiary alicyclic amines) is 1. The van der Waals surface area contributed by atoms with Gasteiger partial charge in [0.15, 0.2) is 0 Å². The van der Waals surface area contributed by atoms with Crippen LogP contribution in [0.2, 0.25) is 0 Å². The lowest BCUT2D eigenvalue weighted by Crippen LogP contribution is -2.41. The highest BCUT2D eigenvalue weighted by Gasteiger charge is 2.46. The molecule has 1 aliphatic heterocycles. The van der Waals surface area contributed by atoms with Gasteiger partial charge in [-0.3, -0.25) is 14.5 Å². The lowest BCUT2D eigenvalue weighted by atomic mass is 9.86. The third-order valence-corrected chi connectivity index (χ3v) is 10.1. The molecule has 0 spiro atoms. The van der Waals surface area contributed by atoms with Crippen molar-refractivity contribution in [3.05, 3.63) is 0 Å². The fraction of sp³-hybridized carbons (Fsp3) is 0.947. The highest BCUT2D eigenvalue weighted by atomic mass is 16.2. The molecule has 0 aromatic rings. The molecule has 0 saturated carbocycles. The third kappa shape index (κ3) is 20.5. The van der Waals surface area contributed by atoms with Crippen molar-refractivity contribution in [1.29, 1.82) is 0 Å². The Morgan fingerprint density at radius 3 is 1.14 bits per heavy atom. The van der Waals surface area contributed by atoms with Crippen molar-refractivity contribution in [2.45, 2.75) is 206 Å². The van der Waals surface area contributed by atoms with Gasteiger partial charge in [0.2, 0.25) is 11.8 Å². The summed E-state index contributed by atoms with van der Waals surface area (Å²) in [7, 11) is 0. The topological polar surface area (TPSA) is 89.4 Å². The Morgan fingerprint density at radius 1 is 0.488 bits per heavy atom. The van der Waals surface area contributed by atoms with Gasteiger partial charge in [-0.25, -0.2) is 0 Å². The van der Waals surface area contributed by atoms with Crippen LogP contribution in [-0.2, 0) is 9.59 Å². The van der Waals surface area contributed by atoms with E-state index in [1.54, 1.807) is 0 Å². The monoisotopic (exact) mass is 606 g/mol. The lowest BCUT2D eigenvalue weighted by Gasteiger charge is -2.27. The maximum atomic E-state index is 12.4. The Bertz CT molecular complexity index is 655. The van der Waals surface area contributed by atoms with Gasteiger partial charge in [-0.15, -0.1) is 0 Å². The largest absolute Gasteiger partial charge is 0.369 e. The minimum Gasteiger partial charge on any atom is -0.369 e. The summed E-state index contributed by atoms with van der Waals surface area (Å²) in [5.74, 6) is -1.56. The van der Waals surface area contributed by atoms with Crippen molar-refractivity contribution in [3.63, 3.8) is 0 Å². The van der Waals surface area contributed by atoms with Crippen molar-refractivity contribution in [1.82, 2.24) is 4.90 Å². The van der Waals surface area contributed by atoms with Gasteiger partial charge in [0.25, 0.3) is 0 Å². The second-order valence-electron chi connectivity index (χ2n) is 14.0. The molecule has 0 aliphatic carbocycles. The second-order valence-corrected chi connectivity index (χ2v) is 14.0. The minimum atomic E-state index is -0.430. The molecule has 1 aliphatic rings. The first-order chi connectivity index (χ1) is 21.0. The molecule has 3 unspecified atom stereocenters. The molecule has 3 atom stereocenters. The molecule has 2 amide bonds. The van der Waals surface area contributed by atoms with E-state index in [0.717, 1.165) is 25.8 Å². The number of nitrogens with zero attached hydrogens (tertiary/aromatic N) is 1. The zero-order valence-corrected chi connectivity index (χ0v) is 29.1. The number of carbonyl (C=O) groups is 2. The van der Waals surface area contributed by atoms with E-state index in [1.807, 2.05) is 0 Å². The fourth-order valence-corrected chi connectivity index (χ4v) is 7.33. The molecular formula is C38H75N3O2. The first kappa shape index (κ1) is 39.9. The van der Waals surface area contributed by atoms with Gasteiger partial charge in [-0.1, -0.05) is 187 Å². The molecule has 1 fully saturated rings. The van der Waals surface area contributed by atoms with E-state index in [0.29, 0.717) is 6.54 Å². The van der Waals surface area contributed by atoms with E-state index in [2.05, 4.69) is 18.7 Å². The van der Waals surface area contributed by atoms with Crippen LogP contribution in [0.25, 0.3) is 0 Å². The Kier molecular flexibility index (Phi) is 26.3. The highest BCUT2D eigenvalue weighted by molar-refractivity contribution is 5.87. The third-order valence-electron chi connectivity index (χ3n) is 10.1. The predicted molar refractivity (Wildman–Crippen MR) is 186 cm³/mol. The number of nitrogens with two attached hydrogens (primary N) is 2. The maximum absolute atomic E-state index is 12.4. The summed E-state index contributed by atoms with van der Waals surface area (Å²) in [6, 6.07) is 0.0781. The predicted octanol–water partition coefficient (Wildman–Crippen LogP) is 10.2. The summed E-state index contributed by atoms with van der Waals surface area (Å²) in [6.45, 7) is 6.12. The number of hydrogen-bond donors (Lipinski definition) is 2. The number of primary amides is 2. The van der Waals surface area contributed by atoms with Crippen LogP contribution in [0.5, 0.6) is 0 Å². The molecule has 0 aromatic heterocycles. The van der Waals surface area contributed by atoms with Crippen LogP contribution in [0.3, 0.4) is 0 Å². The van der Waals surface area contributed by atoms with Crippen molar-refractivity contribution in [2.75, 3.05) is 13.1 Å². The smallest absolute Gasteiger partial charge is 0.222 e. The summed E-state index contributed by atoms with van der Waals surface area (Å²) in [4.78, 5) is 27.0. The Morgan fingerprint density at radius 2 is 0.814 bits per heavy atom. The van der Waals surface area contributed by atoms with Crippen LogP contribution < -0.4 is 11.5 Å². The Labute approximate surface area is 268 Å². The molecule has 1 saturated heterocycles. The zero-order chi connectivity index (χ0) is 31.4. The van der Waals surface area contributed by atoms with Crippen LogP contribution in [0.1, 0.15) is 200 Å². The number of hydrogen-bond acceptors (Lipinski definition) is 3. The Balaban J connectivity index is 2.19. The van der Waals surface area contributed by atoms with E-state index >= 15 is 0 Å². The molecule has 5 nitrogen and oxygen atoms in total. The fourth-order valence-electron chi connectivity index (χ4n) is 7.33. The van der Waals surface area contributed by atoms with Crippen LogP contribution in [-0.4, -0.2) is 35.8 Å². The van der Waals surface area contributed by atoms with Crippen molar-refractivity contribution in [3.8, 4) is 0 Å². The summed E-state index contributed by atoms with van der Waals surface area (Å²) >= 11 is 0. The molecule has 254 valence electrons. The van der Waals surface area contributed by atoms with E-state index in [1.165, 1.54) is 167 Å². The summed E-state index contributed by atoms with van der Waals surface area (Å²) < 4.78 is 0. The average Bonchev–Trinajstić information content (AvgIpc) is 3.36. The minimum absolute atomic E-state index is 0.0781. The van der Waals surface area contributed by atoms with E-state index < -0.39 is 11.8 Å². The number of unbranched alkanes of at least 4 members (excludes halogenated alkanes) is 26. The van der Waals surface area contributed by atoms with E-state index in [9.17, 15) is 9.59 Å². The number of amides is 2. The van der Waals surface area contributed by atoms with E-state index in [4.69, 9.17) is 11.5 Å². The van der Waals surface area contributed by atoms with Gasteiger partial charge in [0, 0.05) is 12.6 Å². The molecular weight excluding hydrogens is 530 g/mol. The van der Waals surface area contributed by atoms with Crippen LogP contribution >= 0.6 is 0 Å². The van der Waals surface area contributed by atoms with Gasteiger partial charge in [0.05, 0.1) is 11.8 Å². The molecule has 43 heavy (non-hydrogen) atoms. The van der Waals surface area contributed by atoms with Crippen molar-refractivity contribution < 1.29 is 9.59 Å². The SMILES string of the molecule is CCCCCCCCCCCCCCCCC1C(C(N)=O)C(C(N)=O)CN1CCCCCCCCCCCCCCCC. The maximum Gasteiger partial charge on any atom is 0.222 e. The average molecular weight is 606 g/mol. The standard InChI is InChI=1S/C38H75N3O2/c1-3-5-7-9-11-13-15-17-19-21-23-25-27-29-31-35-36(38(40)43)34(37(39)42)33-41(35)32-30-28-26-24-22-20-18-16-14-12-10-8-6-4-2/h34-36H,3-33H2,1-2H3,(H2,39,42)(H2,40,43). The second kappa shape index (κ2) is 28.4. The number of rotatable bonds is 32. The van der Waals surface area contributed by atoms with Gasteiger partial charge < -0.3 is 11.5 Å². The summed E-state index contributed by atoms with van der Waals surface area (Å²) in [5, 5.41) is 0. The molecule has 5 heteroatoms. The van der Waals surface area contributed by atoms with Crippen LogP contribution in [0.15, 0.2) is 0 Å². The first-order valence-corrected chi connectivity index (χ1v) is 19.4. The highest BCUT2D eigenvalue weighted by Crippen LogP contribution is 2.33. The first-order valence-electron chi connectivity index (χ1n) is 19.4. The molecule has 1 heterocycles. The molecule has 0 radical (unpaired) electrons. The quantitative estimate of drug-likeness (QED) is 0.0748. The molecule has 4 N–H and O–H groups in total. The number of carbonyl (C=O) groups excluding carboxylic acids is 2. The zero-order valence-electron chi connectivity index (χ0n) is 29.1. The van der Waals surface area contributed by atoms with Crippen molar-refractivity contribution in [2.24, 2.45) is 23.3 Å². The van der Waals surface area contributed by atoms with Crippen molar-refractivity contribution >= 4 is 11.8 Å². The molecule has 0 bridgehead atoms. The summed E-state index contributed by atoms with van der Waals surface area (Å²) in [5.41, 5.74) is 11.6. The molecule has 0 aromatic carbocycles. The van der Waals surface area contributed by atoms with Crippen LogP contribution in [0, 0.1) is 11.8 Å².